The number of para-hydroxylation sites is 1. The molecule has 2 rings (SSSR count). The third-order valence-electron chi connectivity index (χ3n) is 3.17. The Bertz CT molecular complexity index is 448. The molecule has 17 heavy (non-hydrogen) atoms. The van der Waals surface area contributed by atoms with E-state index in [1.807, 2.05) is 18.2 Å². The summed E-state index contributed by atoms with van der Waals surface area (Å²) in [5.41, 5.74) is 2.10. The normalized spacial score (nSPS) is 19.1. The van der Waals surface area contributed by atoms with Crippen LogP contribution in [0.3, 0.4) is 0 Å². The summed E-state index contributed by atoms with van der Waals surface area (Å²) < 4.78 is 0. The number of fused-ring (bicyclic) bond motifs is 1. The van der Waals surface area contributed by atoms with Crippen molar-refractivity contribution in [1.29, 1.82) is 0 Å². The van der Waals surface area contributed by atoms with Gasteiger partial charge in [0.05, 0.1) is 16.6 Å². The van der Waals surface area contributed by atoms with Gasteiger partial charge in [0.1, 0.15) is 0 Å². The van der Waals surface area contributed by atoms with Crippen molar-refractivity contribution in [3.05, 3.63) is 28.8 Å². The minimum absolute atomic E-state index is 0.0390. The minimum Gasteiger partial charge on any atom is -0.324 e. The van der Waals surface area contributed by atoms with Crippen molar-refractivity contribution in [3.8, 4) is 0 Å². The number of hydrogen-bond acceptors (Lipinski definition) is 1. The first kappa shape index (κ1) is 12.4. The molecule has 1 heterocycles. The number of benzene rings is 1. The Balaban J connectivity index is 2.21. The van der Waals surface area contributed by atoms with E-state index >= 15 is 0 Å². The topological polar surface area (TPSA) is 29.1 Å². The van der Waals surface area contributed by atoms with Gasteiger partial charge < -0.3 is 5.32 Å². The summed E-state index contributed by atoms with van der Waals surface area (Å²) in [4.78, 5) is 11.9. The molecule has 1 aromatic carbocycles. The first-order valence-corrected chi connectivity index (χ1v) is 6.35. The third-order valence-corrected chi connectivity index (χ3v) is 3.48. The number of carbonyl (C=O) groups excluding carboxylic acids is 1. The van der Waals surface area contributed by atoms with Crippen molar-refractivity contribution >= 4 is 23.2 Å². The molecule has 1 unspecified atom stereocenters. The molecule has 1 aliphatic heterocycles. The monoisotopic (exact) mass is 251 g/mol. The van der Waals surface area contributed by atoms with E-state index in [0.717, 1.165) is 24.1 Å². The fourth-order valence-electron chi connectivity index (χ4n) is 2.18. The van der Waals surface area contributed by atoms with Crippen LogP contribution in [0.5, 0.6) is 0 Å². The number of anilines is 1. The number of hydrogen-bond donors (Lipinski definition) is 1. The lowest BCUT2D eigenvalue weighted by atomic mass is 9.85. The van der Waals surface area contributed by atoms with Gasteiger partial charge in [0.15, 0.2) is 0 Å². The predicted octanol–water partition coefficient (Wildman–Crippen LogP) is 4.20. The number of halogens is 1. The van der Waals surface area contributed by atoms with E-state index in [-0.39, 0.29) is 17.2 Å². The average molecular weight is 252 g/mol. The number of carbonyl (C=O) groups is 1. The molecule has 0 aliphatic carbocycles. The standard InChI is InChI=1S/C14H18ClNO/c1-14(2,3)8-7-10-9-5-4-6-11(15)12(9)16-13(10)17/h4-6,10H,7-8H2,1-3H3,(H,16,17). The first-order chi connectivity index (χ1) is 7.88. The molecule has 1 aliphatic rings. The fraction of sp³-hybridized carbons (Fsp3) is 0.500. The maximum absolute atomic E-state index is 11.9. The van der Waals surface area contributed by atoms with Crippen LogP contribution in [0.1, 0.15) is 45.1 Å². The summed E-state index contributed by atoms with van der Waals surface area (Å²) >= 11 is 6.08. The Morgan fingerprint density at radius 3 is 2.71 bits per heavy atom. The van der Waals surface area contributed by atoms with E-state index in [9.17, 15) is 4.79 Å². The van der Waals surface area contributed by atoms with Gasteiger partial charge in [-0.05, 0) is 29.9 Å². The van der Waals surface area contributed by atoms with Crippen molar-refractivity contribution in [2.75, 3.05) is 5.32 Å². The van der Waals surface area contributed by atoms with Crippen LogP contribution in [0.25, 0.3) is 0 Å². The third kappa shape index (κ3) is 2.63. The summed E-state index contributed by atoms with van der Waals surface area (Å²) in [6.45, 7) is 6.58. The Morgan fingerprint density at radius 1 is 1.35 bits per heavy atom. The summed E-state index contributed by atoms with van der Waals surface area (Å²) in [7, 11) is 0. The van der Waals surface area contributed by atoms with Crippen LogP contribution in [-0.4, -0.2) is 5.91 Å². The SMILES string of the molecule is CC(C)(C)CCC1C(=O)Nc2c(Cl)cccc21. The number of nitrogens with one attached hydrogen (secondary N) is 1. The maximum Gasteiger partial charge on any atom is 0.232 e. The molecule has 3 heteroatoms. The van der Waals surface area contributed by atoms with Gasteiger partial charge in [0.25, 0.3) is 0 Å². The molecule has 1 atom stereocenters. The van der Waals surface area contributed by atoms with Crippen LogP contribution in [-0.2, 0) is 4.79 Å². The fourth-order valence-corrected chi connectivity index (χ4v) is 2.41. The van der Waals surface area contributed by atoms with Crippen LogP contribution in [0, 0.1) is 5.41 Å². The summed E-state index contributed by atoms with van der Waals surface area (Å²) in [5, 5.41) is 3.51. The van der Waals surface area contributed by atoms with Crippen molar-refractivity contribution in [2.45, 2.75) is 39.5 Å². The lowest BCUT2D eigenvalue weighted by molar-refractivity contribution is -0.117. The van der Waals surface area contributed by atoms with Gasteiger partial charge in [0.2, 0.25) is 5.91 Å². The predicted molar refractivity (Wildman–Crippen MR) is 71.5 cm³/mol. The van der Waals surface area contributed by atoms with Gasteiger partial charge in [0, 0.05) is 0 Å². The average Bonchev–Trinajstić information content (AvgIpc) is 2.52. The van der Waals surface area contributed by atoms with Crippen LogP contribution >= 0.6 is 11.6 Å². The smallest absolute Gasteiger partial charge is 0.232 e. The number of amides is 1. The number of rotatable bonds is 2. The van der Waals surface area contributed by atoms with Crippen molar-refractivity contribution < 1.29 is 4.79 Å². The van der Waals surface area contributed by atoms with E-state index in [2.05, 4.69) is 26.1 Å². The molecule has 0 aromatic heterocycles. The van der Waals surface area contributed by atoms with E-state index in [1.54, 1.807) is 0 Å². The second-order valence-electron chi connectivity index (χ2n) is 5.85. The van der Waals surface area contributed by atoms with Gasteiger partial charge in [-0.25, -0.2) is 0 Å². The van der Waals surface area contributed by atoms with Crippen LogP contribution in [0.2, 0.25) is 5.02 Å². The first-order valence-electron chi connectivity index (χ1n) is 5.98. The Hall–Kier alpha value is -1.02. The quantitative estimate of drug-likeness (QED) is 0.839. The second kappa shape index (κ2) is 4.34. The summed E-state index contributed by atoms with van der Waals surface area (Å²) in [6, 6.07) is 5.71. The van der Waals surface area contributed by atoms with Gasteiger partial charge in [-0.2, -0.15) is 0 Å². The molecule has 92 valence electrons. The molecule has 1 amide bonds. The van der Waals surface area contributed by atoms with E-state index in [4.69, 9.17) is 11.6 Å². The molecule has 1 N–H and O–H groups in total. The molecule has 0 saturated heterocycles. The van der Waals surface area contributed by atoms with Gasteiger partial charge in [-0.1, -0.05) is 44.5 Å². The van der Waals surface area contributed by atoms with E-state index < -0.39 is 0 Å². The molecular weight excluding hydrogens is 234 g/mol. The van der Waals surface area contributed by atoms with E-state index in [0.29, 0.717) is 5.02 Å². The zero-order valence-electron chi connectivity index (χ0n) is 10.5. The molecule has 0 radical (unpaired) electrons. The highest BCUT2D eigenvalue weighted by molar-refractivity contribution is 6.34. The lowest BCUT2D eigenvalue weighted by Crippen LogP contribution is -2.15. The minimum atomic E-state index is -0.0390. The Kier molecular flexibility index (Phi) is 3.17. The highest BCUT2D eigenvalue weighted by Gasteiger charge is 2.32. The highest BCUT2D eigenvalue weighted by Crippen LogP contribution is 2.41. The van der Waals surface area contributed by atoms with Crippen LogP contribution in [0.15, 0.2) is 18.2 Å². The molecular formula is C14H18ClNO. The van der Waals surface area contributed by atoms with Gasteiger partial charge >= 0.3 is 0 Å². The zero-order valence-corrected chi connectivity index (χ0v) is 11.3. The Labute approximate surface area is 107 Å². The molecule has 0 spiro atoms. The lowest BCUT2D eigenvalue weighted by Gasteiger charge is -2.19. The second-order valence-corrected chi connectivity index (χ2v) is 6.25. The largest absolute Gasteiger partial charge is 0.324 e. The summed E-state index contributed by atoms with van der Waals surface area (Å²) in [6.07, 6.45) is 1.90. The van der Waals surface area contributed by atoms with Crippen molar-refractivity contribution in [2.24, 2.45) is 5.41 Å². The molecule has 0 bridgehead atoms. The Morgan fingerprint density at radius 2 is 2.06 bits per heavy atom. The maximum atomic E-state index is 11.9. The molecule has 0 saturated carbocycles. The van der Waals surface area contributed by atoms with Crippen LogP contribution < -0.4 is 5.32 Å². The van der Waals surface area contributed by atoms with Crippen molar-refractivity contribution in [3.63, 3.8) is 0 Å². The zero-order chi connectivity index (χ0) is 12.6. The molecule has 0 fully saturated rings. The molecule has 1 aromatic rings. The van der Waals surface area contributed by atoms with Gasteiger partial charge in [-0.15, -0.1) is 0 Å². The highest BCUT2D eigenvalue weighted by atomic mass is 35.5. The molecule has 2 nitrogen and oxygen atoms in total. The van der Waals surface area contributed by atoms with Crippen molar-refractivity contribution in [1.82, 2.24) is 0 Å². The van der Waals surface area contributed by atoms with E-state index in [1.165, 1.54) is 0 Å². The summed E-state index contributed by atoms with van der Waals surface area (Å²) in [5.74, 6) is 0.0419. The van der Waals surface area contributed by atoms with Gasteiger partial charge in [-0.3, -0.25) is 4.79 Å². The van der Waals surface area contributed by atoms with Crippen LogP contribution in [0.4, 0.5) is 5.69 Å².